The highest BCUT2D eigenvalue weighted by molar-refractivity contribution is 7.10. The van der Waals surface area contributed by atoms with Crippen LogP contribution in [-0.4, -0.2) is 50.8 Å². The number of hydrogen-bond acceptors (Lipinski definition) is 5. The molecule has 0 bridgehead atoms. The van der Waals surface area contributed by atoms with E-state index in [9.17, 15) is 4.79 Å². The highest BCUT2D eigenvalue weighted by atomic mass is 35.5. The van der Waals surface area contributed by atoms with Crippen LogP contribution in [0, 0.1) is 0 Å². The van der Waals surface area contributed by atoms with Crippen molar-refractivity contribution in [3.8, 4) is 5.75 Å². The first-order valence-corrected chi connectivity index (χ1v) is 9.88. The molecule has 0 radical (unpaired) electrons. The third-order valence-corrected chi connectivity index (χ3v) is 5.64. The van der Waals surface area contributed by atoms with Crippen molar-refractivity contribution in [1.29, 1.82) is 0 Å². The zero-order valence-corrected chi connectivity index (χ0v) is 16.3. The van der Waals surface area contributed by atoms with Gasteiger partial charge in [0.05, 0.1) is 19.2 Å². The van der Waals surface area contributed by atoms with E-state index in [1.54, 1.807) is 30.6 Å². The molecule has 1 aromatic heterocycles. The van der Waals surface area contributed by atoms with Crippen molar-refractivity contribution in [3.63, 3.8) is 0 Å². The van der Waals surface area contributed by atoms with E-state index in [0.29, 0.717) is 37.9 Å². The van der Waals surface area contributed by atoms with E-state index in [2.05, 4.69) is 16.8 Å². The van der Waals surface area contributed by atoms with Gasteiger partial charge in [-0.15, -0.1) is 11.3 Å². The van der Waals surface area contributed by atoms with E-state index in [4.69, 9.17) is 21.1 Å². The van der Waals surface area contributed by atoms with Gasteiger partial charge in [-0.1, -0.05) is 11.6 Å². The van der Waals surface area contributed by atoms with Crippen LogP contribution in [0.3, 0.4) is 0 Å². The zero-order chi connectivity index (χ0) is 18.4. The molecular formula is C19H23ClN2O3S. The van der Waals surface area contributed by atoms with E-state index in [1.807, 2.05) is 17.0 Å². The van der Waals surface area contributed by atoms with Gasteiger partial charge in [0.2, 0.25) is 5.91 Å². The highest BCUT2D eigenvalue weighted by Gasteiger charge is 2.31. The van der Waals surface area contributed by atoms with Crippen molar-refractivity contribution < 1.29 is 14.3 Å². The van der Waals surface area contributed by atoms with Crippen LogP contribution in [0.15, 0.2) is 35.7 Å². The predicted octanol–water partition coefficient (Wildman–Crippen LogP) is 3.14. The van der Waals surface area contributed by atoms with Crippen molar-refractivity contribution in [1.82, 2.24) is 10.2 Å². The Hall–Kier alpha value is -1.60. The van der Waals surface area contributed by atoms with E-state index >= 15 is 0 Å². The van der Waals surface area contributed by atoms with E-state index in [-0.39, 0.29) is 11.9 Å². The average molecular weight is 395 g/mol. The van der Waals surface area contributed by atoms with Crippen molar-refractivity contribution in [2.45, 2.75) is 12.5 Å². The summed E-state index contributed by atoms with van der Waals surface area (Å²) in [4.78, 5) is 16.0. The van der Waals surface area contributed by atoms with Crippen LogP contribution in [-0.2, 0) is 16.0 Å². The Morgan fingerprint density at radius 1 is 1.35 bits per heavy atom. The minimum Gasteiger partial charge on any atom is -0.491 e. The quantitative estimate of drug-likeness (QED) is 0.699. The van der Waals surface area contributed by atoms with Crippen molar-refractivity contribution >= 4 is 28.8 Å². The summed E-state index contributed by atoms with van der Waals surface area (Å²) in [6.45, 7) is 2.69. The van der Waals surface area contributed by atoms with Gasteiger partial charge in [0.15, 0.2) is 0 Å². The van der Waals surface area contributed by atoms with Gasteiger partial charge in [0, 0.05) is 30.1 Å². The summed E-state index contributed by atoms with van der Waals surface area (Å²) in [5.41, 5.74) is 1.19. The second kappa shape index (κ2) is 9.37. The van der Waals surface area contributed by atoms with E-state index in [1.165, 1.54) is 10.4 Å². The average Bonchev–Trinajstić information content (AvgIpc) is 3.13. The first kappa shape index (κ1) is 19.2. The minimum atomic E-state index is -0.0718. The van der Waals surface area contributed by atoms with Crippen LogP contribution in [0.5, 0.6) is 5.75 Å². The number of carbonyl (C=O) groups excluding carboxylic acids is 1. The van der Waals surface area contributed by atoms with Crippen LogP contribution in [0.4, 0.5) is 0 Å². The number of nitrogens with one attached hydrogen (secondary N) is 1. The third-order valence-electron chi connectivity index (χ3n) is 4.40. The van der Waals surface area contributed by atoms with Crippen LogP contribution >= 0.6 is 22.9 Å². The topological polar surface area (TPSA) is 50.8 Å². The summed E-state index contributed by atoms with van der Waals surface area (Å²) in [7, 11) is 1.65. The molecule has 1 atom stereocenters. The highest BCUT2D eigenvalue weighted by Crippen LogP contribution is 2.33. The van der Waals surface area contributed by atoms with Gasteiger partial charge in [-0.25, -0.2) is 0 Å². The Morgan fingerprint density at radius 3 is 2.92 bits per heavy atom. The molecule has 5 nitrogen and oxygen atoms in total. The molecule has 1 N–H and O–H groups in total. The fourth-order valence-corrected chi connectivity index (χ4v) is 4.11. The Labute approximate surface area is 162 Å². The maximum atomic E-state index is 12.7. The number of ether oxygens (including phenoxy) is 2. The second-order valence-electron chi connectivity index (χ2n) is 6.09. The van der Waals surface area contributed by atoms with Crippen LogP contribution < -0.4 is 10.1 Å². The number of amides is 1. The normalized spacial score (nSPS) is 16.4. The molecule has 0 spiro atoms. The monoisotopic (exact) mass is 394 g/mol. The molecule has 3 rings (SSSR count). The van der Waals surface area contributed by atoms with Crippen LogP contribution in [0.1, 0.15) is 16.5 Å². The lowest BCUT2D eigenvalue weighted by Gasteiger charge is -2.36. The molecule has 140 valence electrons. The molecule has 26 heavy (non-hydrogen) atoms. The minimum absolute atomic E-state index is 0.0718. The van der Waals surface area contributed by atoms with Crippen molar-refractivity contribution in [2.75, 3.05) is 40.0 Å². The SMILES string of the molecule is COCCNCC(=O)N1CCc2sccc2C1COc1ccc(Cl)cc1. The first-order valence-electron chi connectivity index (χ1n) is 8.63. The molecule has 0 saturated heterocycles. The Kier molecular flexibility index (Phi) is 6.91. The number of carbonyl (C=O) groups is 1. The predicted molar refractivity (Wildman–Crippen MR) is 104 cm³/mol. The van der Waals surface area contributed by atoms with Gasteiger partial charge in [-0.2, -0.15) is 0 Å². The third kappa shape index (κ3) is 4.76. The molecule has 1 unspecified atom stereocenters. The summed E-state index contributed by atoms with van der Waals surface area (Å²) in [6.07, 6.45) is 0.897. The smallest absolute Gasteiger partial charge is 0.237 e. The van der Waals surface area contributed by atoms with E-state index < -0.39 is 0 Å². The van der Waals surface area contributed by atoms with Crippen LogP contribution in [0.25, 0.3) is 0 Å². The molecule has 0 saturated carbocycles. The number of methoxy groups -OCH3 is 1. The van der Waals surface area contributed by atoms with E-state index in [0.717, 1.165) is 12.2 Å². The standard InChI is InChI=1S/C19H23ClN2O3S/c1-24-10-8-21-12-19(23)22-9-6-18-16(7-11-26-18)17(22)13-25-15-4-2-14(20)3-5-15/h2-5,7,11,17,21H,6,8-10,12-13H2,1H3. The first-order chi connectivity index (χ1) is 12.7. The van der Waals surface area contributed by atoms with Gasteiger partial charge in [0.1, 0.15) is 12.4 Å². The van der Waals surface area contributed by atoms with Crippen molar-refractivity contribution in [2.24, 2.45) is 0 Å². The van der Waals surface area contributed by atoms with Gasteiger partial charge in [0.25, 0.3) is 0 Å². The zero-order valence-electron chi connectivity index (χ0n) is 14.7. The molecule has 1 aromatic carbocycles. The van der Waals surface area contributed by atoms with Gasteiger partial charge < -0.3 is 19.7 Å². The lowest BCUT2D eigenvalue weighted by Crippen LogP contribution is -2.46. The molecule has 7 heteroatoms. The molecule has 1 aliphatic heterocycles. The van der Waals surface area contributed by atoms with Crippen molar-refractivity contribution in [3.05, 3.63) is 51.2 Å². The fraction of sp³-hybridized carbons (Fsp3) is 0.421. The molecule has 2 aromatic rings. The number of rotatable bonds is 8. The number of halogens is 1. The Bertz CT molecular complexity index is 720. The summed E-state index contributed by atoms with van der Waals surface area (Å²) >= 11 is 7.67. The lowest BCUT2D eigenvalue weighted by atomic mass is 10.0. The lowest BCUT2D eigenvalue weighted by molar-refractivity contribution is -0.133. The number of benzene rings is 1. The molecule has 2 heterocycles. The number of thiophene rings is 1. The number of hydrogen-bond donors (Lipinski definition) is 1. The molecule has 1 aliphatic rings. The summed E-state index contributed by atoms with van der Waals surface area (Å²) < 4.78 is 11.0. The Balaban J connectivity index is 1.67. The Morgan fingerprint density at radius 2 is 2.15 bits per heavy atom. The molecule has 0 aliphatic carbocycles. The van der Waals surface area contributed by atoms with Crippen LogP contribution in [0.2, 0.25) is 5.02 Å². The maximum absolute atomic E-state index is 12.7. The maximum Gasteiger partial charge on any atom is 0.237 e. The summed E-state index contributed by atoms with van der Waals surface area (Å²) in [6, 6.07) is 9.33. The molecule has 1 amide bonds. The summed E-state index contributed by atoms with van der Waals surface area (Å²) in [5, 5.41) is 5.90. The van der Waals surface area contributed by atoms with Gasteiger partial charge in [-0.05, 0) is 47.7 Å². The molecule has 0 fully saturated rings. The fourth-order valence-electron chi connectivity index (χ4n) is 3.05. The summed E-state index contributed by atoms with van der Waals surface area (Å²) in [5.74, 6) is 0.838. The number of fused-ring (bicyclic) bond motifs is 1. The second-order valence-corrected chi connectivity index (χ2v) is 7.52. The van der Waals surface area contributed by atoms with Gasteiger partial charge in [-0.3, -0.25) is 4.79 Å². The molecular weight excluding hydrogens is 372 g/mol. The number of nitrogens with zero attached hydrogens (tertiary/aromatic N) is 1. The van der Waals surface area contributed by atoms with Gasteiger partial charge >= 0.3 is 0 Å². The largest absolute Gasteiger partial charge is 0.491 e.